The van der Waals surface area contributed by atoms with Gasteiger partial charge >= 0.3 is 0 Å². The second-order valence-electron chi connectivity index (χ2n) is 6.90. The molecule has 1 aromatic heterocycles. The van der Waals surface area contributed by atoms with E-state index < -0.39 is 6.10 Å². The number of nitrogens with zero attached hydrogens (tertiary/aromatic N) is 3. The van der Waals surface area contributed by atoms with Crippen LogP contribution in [0.25, 0.3) is 11.4 Å². The lowest BCUT2D eigenvalue weighted by Gasteiger charge is -2.28. The lowest BCUT2D eigenvalue weighted by atomic mass is 9.88. The summed E-state index contributed by atoms with van der Waals surface area (Å²) in [6, 6.07) is 8.42. The standard InChI is InChI=1S/C19H24FN3O2/c1-23(2)17-10-18(25)15(11-24)14(17)9-12-7-8-21-19(22-12)13-5-3-4-6-16(13)20/h3-8,14-15,17-18,24-25H,9-11H2,1-2H3/t14-,15-,17-,18-/m1/s1. The molecule has 1 heterocycles. The number of rotatable bonds is 5. The minimum absolute atomic E-state index is 0.0541. The van der Waals surface area contributed by atoms with Gasteiger partial charge in [0, 0.05) is 30.5 Å². The number of hydrogen-bond acceptors (Lipinski definition) is 5. The van der Waals surface area contributed by atoms with Crippen LogP contribution in [0, 0.1) is 17.7 Å². The van der Waals surface area contributed by atoms with Gasteiger partial charge in [0.25, 0.3) is 0 Å². The van der Waals surface area contributed by atoms with E-state index in [9.17, 15) is 14.6 Å². The zero-order chi connectivity index (χ0) is 18.0. The first-order valence-corrected chi connectivity index (χ1v) is 8.53. The average Bonchev–Trinajstić information content (AvgIpc) is 2.91. The van der Waals surface area contributed by atoms with Crippen LogP contribution < -0.4 is 0 Å². The predicted molar refractivity (Wildman–Crippen MR) is 93.3 cm³/mol. The maximum absolute atomic E-state index is 14.0. The number of halogens is 1. The highest BCUT2D eigenvalue weighted by molar-refractivity contribution is 5.55. The van der Waals surface area contributed by atoms with Crippen molar-refractivity contribution >= 4 is 0 Å². The fourth-order valence-corrected chi connectivity index (χ4v) is 3.83. The summed E-state index contributed by atoms with van der Waals surface area (Å²) in [5.74, 6) is -0.0934. The summed E-state index contributed by atoms with van der Waals surface area (Å²) < 4.78 is 14.0. The largest absolute Gasteiger partial charge is 0.396 e. The Morgan fingerprint density at radius 3 is 2.64 bits per heavy atom. The third-order valence-electron chi connectivity index (χ3n) is 5.17. The molecule has 2 N–H and O–H groups in total. The van der Waals surface area contributed by atoms with Crippen LogP contribution >= 0.6 is 0 Å². The van der Waals surface area contributed by atoms with Gasteiger partial charge in [-0.05, 0) is 51.1 Å². The summed E-state index contributed by atoms with van der Waals surface area (Å²) in [6.07, 6.45) is 2.35. The Hall–Kier alpha value is -1.89. The molecule has 0 unspecified atom stereocenters. The van der Waals surface area contributed by atoms with Gasteiger partial charge in [0.15, 0.2) is 5.82 Å². The molecule has 1 fully saturated rings. The van der Waals surface area contributed by atoms with Crippen molar-refractivity contribution in [3.63, 3.8) is 0 Å². The number of aliphatic hydroxyl groups is 2. The van der Waals surface area contributed by atoms with Crippen molar-refractivity contribution < 1.29 is 14.6 Å². The fraction of sp³-hybridized carbons (Fsp3) is 0.474. The molecular formula is C19H24FN3O2. The van der Waals surface area contributed by atoms with Crippen LogP contribution in [0.3, 0.4) is 0 Å². The maximum Gasteiger partial charge on any atom is 0.162 e. The zero-order valence-corrected chi connectivity index (χ0v) is 14.5. The molecule has 25 heavy (non-hydrogen) atoms. The molecule has 0 radical (unpaired) electrons. The van der Waals surface area contributed by atoms with E-state index in [1.54, 1.807) is 24.4 Å². The molecule has 0 bridgehead atoms. The monoisotopic (exact) mass is 345 g/mol. The third kappa shape index (κ3) is 3.71. The first-order chi connectivity index (χ1) is 12.0. The average molecular weight is 345 g/mol. The van der Waals surface area contributed by atoms with Crippen molar-refractivity contribution in [2.24, 2.45) is 11.8 Å². The number of aromatic nitrogens is 2. The lowest BCUT2D eigenvalue weighted by molar-refractivity contribution is 0.0707. The van der Waals surface area contributed by atoms with Crippen molar-refractivity contribution in [2.75, 3.05) is 20.7 Å². The highest BCUT2D eigenvalue weighted by atomic mass is 19.1. The second-order valence-corrected chi connectivity index (χ2v) is 6.90. The second kappa shape index (κ2) is 7.56. The molecule has 3 rings (SSSR count). The van der Waals surface area contributed by atoms with Crippen LogP contribution in [0.2, 0.25) is 0 Å². The Morgan fingerprint density at radius 1 is 1.20 bits per heavy atom. The Labute approximate surface area is 147 Å². The van der Waals surface area contributed by atoms with E-state index in [1.165, 1.54) is 6.07 Å². The van der Waals surface area contributed by atoms with Crippen LogP contribution in [0.15, 0.2) is 36.5 Å². The molecule has 1 aromatic carbocycles. The minimum atomic E-state index is -0.518. The quantitative estimate of drug-likeness (QED) is 0.864. The molecule has 134 valence electrons. The molecule has 0 amide bonds. The van der Waals surface area contributed by atoms with Gasteiger partial charge in [0.05, 0.1) is 11.7 Å². The van der Waals surface area contributed by atoms with Gasteiger partial charge in [-0.3, -0.25) is 0 Å². The molecular weight excluding hydrogens is 321 g/mol. The van der Waals surface area contributed by atoms with E-state index in [-0.39, 0.29) is 30.3 Å². The SMILES string of the molecule is CN(C)[C@@H]1C[C@@H](O)[C@H](CO)[C@H]1Cc1ccnc(-c2ccccc2F)n1. The summed E-state index contributed by atoms with van der Waals surface area (Å²) in [4.78, 5) is 10.8. The van der Waals surface area contributed by atoms with E-state index in [1.807, 2.05) is 20.2 Å². The highest BCUT2D eigenvalue weighted by Gasteiger charge is 2.43. The van der Waals surface area contributed by atoms with Gasteiger partial charge in [-0.2, -0.15) is 0 Å². The van der Waals surface area contributed by atoms with Gasteiger partial charge in [-0.1, -0.05) is 12.1 Å². The maximum atomic E-state index is 14.0. The number of aliphatic hydroxyl groups excluding tert-OH is 2. The molecule has 0 saturated heterocycles. The van der Waals surface area contributed by atoms with Crippen molar-refractivity contribution in [1.29, 1.82) is 0 Å². The number of benzene rings is 1. The summed E-state index contributed by atoms with van der Waals surface area (Å²) in [7, 11) is 3.96. The van der Waals surface area contributed by atoms with Gasteiger partial charge in [-0.25, -0.2) is 14.4 Å². The van der Waals surface area contributed by atoms with Gasteiger partial charge in [0.1, 0.15) is 5.82 Å². The topological polar surface area (TPSA) is 69.5 Å². The first kappa shape index (κ1) is 17.9. The summed E-state index contributed by atoms with van der Waals surface area (Å²) in [5, 5.41) is 19.9. The Bertz CT molecular complexity index is 725. The van der Waals surface area contributed by atoms with Crippen molar-refractivity contribution in [3.8, 4) is 11.4 Å². The van der Waals surface area contributed by atoms with E-state index >= 15 is 0 Å². The summed E-state index contributed by atoms with van der Waals surface area (Å²) >= 11 is 0. The Balaban J connectivity index is 1.87. The molecule has 6 heteroatoms. The summed E-state index contributed by atoms with van der Waals surface area (Å²) in [5.41, 5.74) is 1.16. The van der Waals surface area contributed by atoms with E-state index in [0.717, 1.165) is 5.69 Å². The van der Waals surface area contributed by atoms with Crippen LogP contribution in [-0.4, -0.2) is 57.9 Å². The molecule has 4 atom stereocenters. The highest BCUT2D eigenvalue weighted by Crippen LogP contribution is 2.36. The molecule has 1 aliphatic carbocycles. The number of hydrogen-bond donors (Lipinski definition) is 2. The van der Waals surface area contributed by atoms with Crippen molar-refractivity contribution in [2.45, 2.75) is 25.0 Å². The van der Waals surface area contributed by atoms with Crippen LogP contribution in [0.5, 0.6) is 0 Å². The van der Waals surface area contributed by atoms with E-state index in [2.05, 4.69) is 14.9 Å². The molecule has 1 aliphatic rings. The normalized spacial score (nSPS) is 26.3. The third-order valence-corrected chi connectivity index (χ3v) is 5.17. The predicted octanol–water partition coefficient (Wildman–Crippen LogP) is 1.74. The van der Waals surface area contributed by atoms with Gasteiger partial charge < -0.3 is 15.1 Å². The van der Waals surface area contributed by atoms with Crippen LogP contribution in [0.1, 0.15) is 12.1 Å². The van der Waals surface area contributed by atoms with Crippen molar-refractivity contribution in [1.82, 2.24) is 14.9 Å². The van der Waals surface area contributed by atoms with E-state index in [0.29, 0.717) is 24.2 Å². The Morgan fingerprint density at radius 2 is 1.96 bits per heavy atom. The minimum Gasteiger partial charge on any atom is -0.396 e. The van der Waals surface area contributed by atoms with Gasteiger partial charge in [0.2, 0.25) is 0 Å². The first-order valence-electron chi connectivity index (χ1n) is 8.53. The smallest absolute Gasteiger partial charge is 0.162 e. The lowest BCUT2D eigenvalue weighted by Crippen LogP contribution is -2.35. The summed E-state index contributed by atoms with van der Waals surface area (Å²) in [6.45, 7) is -0.0541. The molecule has 1 saturated carbocycles. The Kier molecular flexibility index (Phi) is 5.42. The fourth-order valence-electron chi connectivity index (χ4n) is 3.83. The molecule has 5 nitrogen and oxygen atoms in total. The molecule has 0 spiro atoms. The van der Waals surface area contributed by atoms with Crippen LogP contribution in [0.4, 0.5) is 4.39 Å². The van der Waals surface area contributed by atoms with Crippen molar-refractivity contribution in [3.05, 3.63) is 48.0 Å². The molecule has 2 aromatic rings. The van der Waals surface area contributed by atoms with Gasteiger partial charge in [-0.15, -0.1) is 0 Å². The van der Waals surface area contributed by atoms with E-state index in [4.69, 9.17) is 0 Å². The molecule has 0 aliphatic heterocycles. The zero-order valence-electron chi connectivity index (χ0n) is 14.5. The van der Waals surface area contributed by atoms with Crippen LogP contribution in [-0.2, 0) is 6.42 Å².